The number of aliphatic hydroxyl groups excluding tert-OH is 1. The van der Waals surface area contributed by atoms with E-state index in [4.69, 9.17) is 4.74 Å². The largest absolute Gasteiger partial charge is 0.394 e. The van der Waals surface area contributed by atoms with Crippen LogP contribution in [0, 0.1) is 11.8 Å². The number of hydrogen-bond donors (Lipinski definition) is 1. The Balaban J connectivity index is 1.68. The Hall–Kier alpha value is -2.97. The summed E-state index contributed by atoms with van der Waals surface area (Å²) in [6.07, 6.45) is 10.2. The molecule has 3 amide bonds. The highest BCUT2D eigenvalue weighted by Gasteiger charge is 2.75. The predicted molar refractivity (Wildman–Crippen MR) is 147 cm³/mol. The average Bonchev–Trinajstić information content (AvgIpc) is 3.19. The van der Waals surface area contributed by atoms with Gasteiger partial charge in [0.05, 0.1) is 30.1 Å². The molecule has 0 bridgehead atoms. The van der Waals surface area contributed by atoms with E-state index in [1.165, 1.54) is 4.90 Å². The summed E-state index contributed by atoms with van der Waals surface area (Å²) in [7, 11) is 0. The Morgan fingerprint density at radius 2 is 1.69 bits per heavy atom. The number of carbonyl (C=O) groups excluding carboxylic acids is 3. The van der Waals surface area contributed by atoms with Crippen molar-refractivity contribution in [2.45, 2.75) is 76.3 Å². The summed E-state index contributed by atoms with van der Waals surface area (Å²) in [5, 5.41) is 10.7. The molecule has 1 spiro atoms. The third kappa shape index (κ3) is 4.23. The summed E-state index contributed by atoms with van der Waals surface area (Å²) < 4.78 is 6.90. The van der Waals surface area contributed by atoms with Gasteiger partial charge in [-0.1, -0.05) is 74.9 Å². The molecule has 0 saturated carbocycles. The van der Waals surface area contributed by atoms with Crippen LogP contribution in [0.1, 0.15) is 58.6 Å². The lowest BCUT2D eigenvalue weighted by atomic mass is 9.74. The van der Waals surface area contributed by atoms with Crippen LogP contribution in [0.15, 0.2) is 54.6 Å². The van der Waals surface area contributed by atoms with Gasteiger partial charge in [-0.25, -0.2) is 0 Å². The molecule has 1 aromatic carbocycles. The molecule has 0 aliphatic carbocycles. The van der Waals surface area contributed by atoms with Gasteiger partial charge in [-0.3, -0.25) is 14.4 Å². The highest BCUT2D eigenvalue weighted by molar-refractivity contribution is 6.00. The first-order valence-corrected chi connectivity index (χ1v) is 14.4. The molecule has 210 valence electrons. The zero-order chi connectivity index (χ0) is 27.9. The van der Waals surface area contributed by atoms with Crippen LogP contribution < -0.4 is 0 Å². The first kappa shape index (κ1) is 27.6. The number of nitrogens with zero attached hydrogens (tertiary/aromatic N) is 3. The highest BCUT2D eigenvalue weighted by Crippen LogP contribution is 2.58. The van der Waals surface area contributed by atoms with E-state index in [0.717, 1.165) is 24.8 Å². The number of amides is 3. The lowest BCUT2D eigenvalue weighted by Gasteiger charge is -2.41. The van der Waals surface area contributed by atoms with Gasteiger partial charge >= 0.3 is 0 Å². The van der Waals surface area contributed by atoms with E-state index in [-0.39, 0.29) is 30.4 Å². The van der Waals surface area contributed by atoms with Crippen LogP contribution in [0.3, 0.4) is 0 Å². The normalized spacial score (nSPS) is 33.5. The number of fused-ring (bicyclic) bond motifs is 2. The number of ether oxygens (including phenoxy) is 1. The fourth-order valence-corrected chi connectivity index (χ4v) is 7.34. The van der Waals surface area contributed by atoms with Crippen LogP contribution in [0.5, 0.6) is 0 Å². The quantitative estimate of drug-likeness (QED) is 0.517. The topological polar surface area (TPSA) is 90.4 Å². The van der Waals surface area contributed by atoms with Gasteiger partial charge in [0.2, 0.25) is 17.7 Å². The fourth-order valence-electron chi connectivity index (χ4n) is 7.34. The van der Waals surface area contributed by atoms with Crippen molar-refractivity contribution in [2.75, 3.05) is 26.2 Å². The van der Waals surface area contributed by atoms with Crippen molar-refractivity contribution in [1.82, 2.24) is 14.7 Å². The van der Waals surface area contributed by atoms with Gasteiger partial charge in [0.25, 0.3) is 0 Å². The number of carbonyl (C=O) groups is 3. The zero-order valence-electron chi connectivity index (χ0n) is 23.5. The molecular weight excluding hydrogens is 494 g/mol. The van der Waals surface area contributed by atoms with Crippen molar-refractivity contribution in [3.05, 3.63) is 60.2 Å². The molecule has 2 saturated heterocycles. The minimum absolute atomic E-state index is 0.0355. The minimum Gasteiger partial charge on any atom is -0.394 e. The Kier molecular flexibility index (Phi) is 7.46. The van der Waals surface area contributed by atoms with Crippen LogP contribution in [0.25, 0.3) is 0 Å². The van der Waals surface area contributed by atoms with Gasteiger partial charge in [0, 0.05) is 25.7 Å². The van der Waals surface area contributed by atoms with Crippen molar-refractivity contribution in [3.8, 4) is 0 Å². The fraction of sp³-hybridized carbons (Fsp3) is 0.581. The zero-order valence-corrected chi connectivity index (χ0v) is 23.5. The molecule has 4 heterocycles. The van der Waals surface area contributed by atoms with E-state index in [0.29, 0.717) is 19.6 Å². The number of aliphatic hydroxyl groups is 1. The molecule has 1 aromatic rings. The van der Waals surface area contributed by atoms with Gasteiger partial charge in [-0.05, 0) is 32.3 Å². The number of likely N-dealkylation sites (tertiary alicyclic amines) is 1. The van der Waals surface area contributed by atoms with E-state index in [1.54, 1.807) is 4.90 Å². The monoisotopic (exact) mass is 535 g/mol. The van der Waals surface area contributed by atoms with Crippen molar-refractivity contribution >= 4 is 17.7 Å². The molecule has 1 N–H and O–H groups in total. The van der Waals surface area contributed by atoms with E-state index in [9.17, 15) is 19.5 Å². The summed E-state index contributed by atoms with van der Waals surface area (Å²) in [5.41, 5.74) is -1.63. The second-order valence-corrected chi connectivity index (χ2v) is 11.6. The molecule has 7 atom stereocenters. The van der Waals surface area contributed by atoms with Crippen LogP contribution in [-0.4, -0.2) is 87.1 Å². The Morgan fingerprint density at radius 3 is 2.36 bits per heavy atom. The number of hydrogen-bond acceptors (Lipinski definition) is 5. The maximum absolute atomic E-state index is 14.6. The third-order valence-corrected chi connectivity index (χ3v) is 9.03. The maximum atomic E-state index is 14.6. The molecule has 4 aliphatic heterocycles. The van der Waals surface area contributed by atoms with E-state index in [1.807, 2.05) is 80.3 Å². The van der Waals surface area contributed by atoms with Gasteiger partial charge in [0.1, 0.15) is 11.6 Å². The molecule has 39 heavy (non-hydrogen) atoms. The Labute approximate surface area is 231 Å². The van der Waals surface area contributed by atoms with Crippen LogP contribution >= 0.6 is 0 Å². The molecule has 2 fully saturated rings. The summed E-state index contributed by atoms with van der Waals surface area (Å²) in [6.45, 7) is 9.10. The standard InChI is InChI=1S/C31H41N3O5/c1-5-12-21(3)33-19-11-16-31-25(24-27(36)32(17-6-2)18-10-15-30(24,4)39-31)28(37)34(26(31)29(33)38)23(20-35)22-13-8-7-9-14-22/h7-11,13-16,21,23-26,35H,5-6,12,17-20H2,1-4H3/t21?,23-,24+,25+,26?,30-,31+/m1/s1. The van der Waals surface area contributed by atoms with Crippen molar-refractivity contribution < 1.29 is 24.2 Å². The van der Waals surface area contributed by atoms with Crippen LogP contribution in [0.4, 0.5) is 0 Å². The molecule has 8 nitrogen and oxygen atoms in total. The van der Waals surface area contributed by atoms with Gasteiger partial charge in [-0.15, -0.1) is 0 Å². The van der Waals surface area contributed by atoms with Gasteiger partial charge < -0.3 is 24.5 Å². The molecule has 2 unspecified atom stereocenters. The SMILES string of the molecule is CCCC(C)N1CC=C[C@]23O[C@]4(C)C=CCN(CCC)C(=O)[C@@H]4[C@H]2C(=O)N([C@H](CO)c2ccccc2)C3C1=O. The lowest BCUT2D eigenvalue weighted by Crippen LogP contribution is -2.58. The highest BCUT2D eigenvalue weighted by atomic mass is 16.5. The summed E-state index contributed by atoms with van der Waals surface area (Å²) >= 11 is 0. The number of rotatable bonds is 8. The molecule has 0 aromatic heterocycles. The summed E-state index contributed by atoms with van der Waals surface area (Å²) in [5.74, 6) is -2.31. The first-order chi connectivity index (χ1) is 18.7. The average molecular weight is 536 g/mol. The predicted octanol–water partition coefficient (Wildman–Crippen LogP) is 3.09. The minimum atomic E-state index is -1.33. The summed E-state index contributed by atoms with van der Waals surface area (Å²) in [4.78, 5) is 48.4. The van der Waals surface area contributed by atoms with E-state index < -0.39 is 35.1 Å². The van der Waals surface area contributed by atoms with E-state index in [2.05, 4.69) is 6.92 Å². The van der Waals surface area contributed by atoms with Crippen molar-refractivity contribution in [2.24, 2.45) is 11.8 Å². The summed E-state index contributed by atoms with van der Waals surface area (Å²) in [6, 6.07) is 7.52. The van der Waals surface area contributed by atoms with Gasteiger partial charge in [0.15, 0.2) is 0 Å². The molecular formula is C31H41N3O5. The third-order valence-electron chi connectivity index (χ3n) is 9.03. The lowest BCUT2D eigenvalue weighted by molar-refractivity contribution is -0.157. The first-order valence-electron chi connectivity index (χ1n) is 14.4. The number of benzene rings is 1. The molecule has 0 radical (unpaired) electrons. The molecule has 5 rings (SSSR count). The maximum Gasteiger partial charge on any atom is 0.249 e. The Bertz CT molecular complexity index is 1170. The second kappa shape index (κ2) is 10.5. The molecule has 8 heteroatoms. The van der Waals surface area contributed by atoms with Crippen LogP contribution in [-0.2, 0) is 19.1 Å². The second-order valence-electron chi connectivity index (χ2n) is 11.6. The Morgan fingerprint density at radius 1 is 0.974 bits per heavy atom. The molecule has 4 aliphatic rings. The smallest absolute Gasteiger partial charge is 0.249 e. The van der Waals surface area contributed by atoms with Crippen molar-refractivity contribution in [1.29, 1.82) is 0 Å². The van der Waals surface area contributed by atoms with Gasteiger partial charge in [-0.2, -0.15) is 0 Å². The van der Waals surface area contributed by atoms with Crippen molar-refractivity contribution in [3.63, 3.8) is 0 Å². The van der Waals surface area contributed by atoms with E-state index >= 15 is 0 Å². The van der Waals surface area contributed by atoms with Crippen LogP contribution in [0.2, 0.25) is 0 Å².